The molecule has 1 aromatic rings. The molecule has 0 aliphatic carbocycles. The second kappa shape index (κ2) is 5.81. The van der Waals surface area contributed by atoms with Crippen LogP contribution in [-0.4, -0.2) is 16.1 Å². The molecule has 0 fully saturated rings. The summed E-state index contributed by atoms with van der Waals surface area (Å²) in [5.74, 6) is 0. The SMILES string of the molecule is CCCNC(CCC)c1cncn1C. The number of nitrogens with one attached hydrogen (secondary N) is 1. The maximum Gasteiger partial charge on any atom is 0.0946 e. The van der Waals surface area contributed by atoms with Crippen molar-refractivity contribution in [3.8, 4) is 0 Å². The Balaban J connectivity index is 2.62. The third-order valence-electron chi connectivity index (χ3n) is 2.43. The Labute approximate surface area is 86.5 Å². The van der Waals surface area contributed by atoms with Gasteiger partial charge in [0.15, 0.2) is 0 Å². The largest absolute Gasteiger partial charge is 0.336 e. The fourth-order valence-corrected chi connectivity index (χ4v) is 1.66. The highest BCUT2D eigenvalue weighted by Gasteiger charge is 2.12. The molecule has 0 aliphatic rings. The Bertz CT molecular complexity index is 255. The highest BCUT2D eigenvalue weighted by atomic mass is 15.1. The molecular formula is C11H21N3. The van der Waals surface area contributed by atoms with Crippen molar-refractivity contribution in [2.24, 2.45) is 7.05 Å². The minimum absolute atomic E-state index is 0.465. The molecule has 80 valence electrons. The minimum Gasteiger partial charge on any atom is -0.336 e. The molecule has 0 radical (unpaired) electrons. The molecule has 1 N–H and O–H groups in total. The van der Waals surface area contributed by atoms with Crippen molar-refractivity contribution in [2.75, 3.05) is 6.54 Å². The van der Waals surface area contributed by atoms with Gasteiger partial charge in [-0.3, -0.25) is 0 Å². The van der Waals surface area contributed by atoms with Crippen molar-refractivity contribution < 1.29 is 0 Å². The molecule has 0 saturated carbocycles. The second-order valence-corrected chi connectivity index (χ2v) is 3.72. The molecule has 3 nitrogen and oxygen atoms in total. The van der Waals surface area contributed by atoms with E-state index in [0.29, 0.717) is 6.04 Å². The van der Waals surface area contributed by atoms with E-state index in [1.807, 2.05) is 12.5 Å². The lowest BCUT2D eigenvalue weighted by atomic mass is 10.1. The monoisotopic (exact) mass is 195 g/mol. The number of aryl methyl sites for hydroxylation is 1. The van der Waals surface area contributed by atoms with Crippen LogP contribution in [0.2, 0.25) is 0 Å². The van der Waals surface area contributed by atoms with Gasteiger partial charge < -0.3 is 9.88 Å². The van der Waals surface area contributed by atoms with Gasteiger partial charge in [-0.25, -0.2) is 4.98 Å². The number of rotatable bonds is 6. The highest BCUT2D eigenvalue weighted by molar-refractivity contribution is 5.04. The van der Waals surface area contributed by atoms with Crippen LogP contribution in [0.5, 0.6) is 0 Å². The van der Waals surface area contributed by atoms with Crippen LogP contribution in [0.3, 0.4) is 0 Å². The van der Waals surface area contributed by atoms with Gasteiger partial charge in [-0.2, -0.15) is 0 Å². The van der Waals surface area contributed by atoms with Gasteiger partial charge in [0, 0.05) is 19.3 Å². The van der Waals surface area contributed by atoms with E-state index in [9.17, 15) is 0 Å². The molecule has 0 aromatic carbocycles. The topological polar surface area (TPSA) is 29.9 Å². The molecule has 0 bridgehead atoms. The lowest BCUT2D eigenvalue weighted by Gasteiger charge is -2.17. The fraction of sp³-hybridized carbons (Fsp3) is 0.727. The molecule has 14 heavy (non-hydrogen) atoms. The highest BCUT2D eigenvalue weighted by Crippen LogP contribution is 2.16. The first-order chi connectivity index (χ1) is 6.79. The van der Waals surface area contributed by atoms with Crippen LogP contribution >= 0.6 is 0 Å². The molecule has 1 atom stereocenters. The second-order valence-electron chi connectivity index (χ2n) is 3.72. The molecule has 1 heterocycles. The zero-order chi connectivity index (χ0) is 10.4. The number of nitrogens with zero attached hydrogens (tertiary/aromatic N) is 2. The van der Waals surface area contributed by atoms with Crippen LogP contribution < -0.4 is 5.32 Å². The average Bonchev–Trinajstić information content (AvgIpc) is 2.59. The number of hydrogen-bond donors (Lipinski definition) is 1. The van der Waals surface area contributed by atoms with Crippen LogP contribution in [0, 0.1) is 0 Å². The summed E-state index contributed by atoms with van der Waals surface area (Å²) in [7, 11) is 2.05. The zero-order valence-electron chi connectivity index (χ0n) is 9.45. The predicted molar refractivity (Wildman–Crippen MR) is 59.2 cm³/mol. The van der Waals surface area contributed by atoms with Crippen molar-refractivity contribution in [3.63, 3.8) is 0 Å². The Morgan fingerprint density at radius 3 is 2.71 bits per heavy atom. The van der Waals surface area contributed by atoms with Crippen LogP contribution in [0.25, 0.3) is 0 Å². The zero-order valence-corrected chi connectivity index (χ0v) is 9.45. The van der Waals surface area contributed by atoms with Crippen LogP contribution in [0.4, 0.5) is 0 Å². The molecule has 1 unspecified atom stereocenters. The molecule has 0 amide bonds. The normalized spacial score (nSPS) is 13.1. The molecule has 0 aliphatic heterocycles. The predicted octanol–water partition coefficient (Wildman–Crippen LogP) is 2.26. The molecule has 1 rings (SSSR count). The molecule has 1 aromatic heterocycles. The summed E-state index contributed by atoms with van der Waals surface area (Å²) in [5.41, 5.74) is 1.29. The van der Waals surface area contributed by atoms with E-state index in [0.717, 1.165) is 6.54 Å². The van der Waals surface area contributed by atoms with Gasteiger partial charge in [-0.15, -0.1) is 0 Å². The van der Waals surface area contributed by atoms with Crippen molar-refractivity contribution in [3.05, 3.63) is 18.2 Å². The van der Waals surface area contributed by atoms with E-state index >= 15 is 0 Å². The molecule has 0 spiro atoms. The summed E-state index contributed by atoms with van der Waals surface area (Å²) in [6.45, 7) is 5.49. The first-order valence-corrected chi connectivity index (χ1v) is 5.49. The van der Waals surface area contributed by atoms with E-state index in [1.165, 1.54) is 25.0 Å². The first-order valence-electron chi connectivity index (χ1n) is 5.49. The van der Waals surface area contributed by atoms with Gasteiger partial charge in [0.05, 0.1) is 12.0 Å². The lowest BCUT2D eigenvalue weighted by molar-refractivity contribution is 0.472. The fourth-order valence-electron chi connectivity index (χ4n) is 1.66. The van der Waals surface area contributed by atoms with Gasteiger partial charge in [-0.05, 0) is 19.4 Å². The first kappa shape index (κ1) is 11.2. The number of hydrogen-bond acceptors (Lipinski definition) is 2. The molecular weight excluding hydrogens is 174 g/mol. The van der Waals surface area contributed by atoms with Crippen molar-refractivity contribution >= 4 is 0 Å². The standard InChI is InChI=1S/C11H21N3/c1-4-6-10(13-7-5-2)11-8-12-9-14(11)3/h8-10,13H,4-7H2,1-3H3. The van der Waals surface area contributed by atoms with Crippen molar-refractivity contribution in [2.45, 2.75) is 39.2 Å². The summed E-state index contributed by atoms with van der Waals surface area (Å²) >= 11 is 0. The Kier molecular flexibility index (Phi) is 4.66. The van der Waals surface area contributed by atoms with Crippen molar-refractivity contribution in [1.82, 2.24) is 14.9 Å². The van der Waals surface area contributed by atoms with Crippen LogP contribution in [0.15, 0.2) is 12.5 Å². The average molecular weight is 195 g/mol. The Morgan fingerprint density at radius 2 is 2.21 bits per heavy atom. The third kappa shape index (κ3) is 2.84. The van der Waals surface area contributed by atoms with E-state index in [2.05, 4.69) is 35.8 Å². The maximum absolute atomic E-state index is 4.16. The quantitative estimate of drug-likeness (QED) is 0.754. The smallest absolute Gasteiger partial charge is 0.0946 e. The van der Waals surface area contributed by atoms with Gasteiger partial charge in [0.1, 0.15) is 0 Å². The summed E-state index contributed by atoms with van der Waals surface area (Å²) in [6.07, 6.45) is 7.39. The summed E-state index contributed by atoms with van der Waals surface area (Å²) in [6, 6.07) is 0.465. The van der Waals surface area contributed by atoms with E-state index in [-0.39, 0.29) is 0 Å². The molecule has 0 saturated heterocycles. The van der Waals surface area contributed by atoms with E-state index in [4.69, 9.17) is 0 Å². The molecule has 3 heteroatoms. The number of aromatic nitrogens is 2. The summed E-state index contributed by atoms with van der Waals surface area (Å²) in [5, 5.41) is 3.55. The maximum atomic E-state index is 4.16. The minimum atomic E-state index is 0.465. The van der Waals surface area contributed by atoms with Crippen LogP contribution in [0.1, 0.15) is 44.8 Å². The van der Waals surface area contributed by atoms with Gasteiger partial charge in [0.25, 0.3) is 0 Å². The lowest BCUT2D eigenvalue weighted by Crippen LogP contribution is -2.23. The summed E-state index contributed by atoms with van der Waals surface area (Å²) < 4.78 is 2.10. The van der Waals surface area contributed by atoms with Crippen LogP contribution in [-0.2, 0) is 7.05 Å². The van der Waals surface area contributed by atoms with Gasteiger partial charge >= 0.3 is 0 Å². The van der Waals surface area contributed by atoms with E-state index in [1.54, 1.807) is 0 Å². The number of imidazole rings is 1. The van der Waals surface area contributed by atoms with E-state index < -0.39 is 0 Å². The van der Waals surface area contributed by atoms with Crippen molar-refractivity contribution in [1.29, 1.82) is 0 Å². The Hall–Kier alpha value is -0.830. The summed E-state index contributed by atoms with van der Waals surface area (Å²) in [4.78, 5) is 4.16. The van der Waals surface area contributed by atoms with Gasteiger partial charge in [0.2, 0.25) is 0 Å². The van der Waals surface area contributed by atoms with Gasteiger partial charge in [-0.1, -0.05) is 20.3 Å². The Morgan fingerprint density at radius 1 is 1.43 bits per heavy atom. The third-order valence-corrected chi connectivity index (χ3v) is 2.43.